The van der Waals surface area contributed by atoms with Gasteiger partial charge in [-0.1, -0.05) is 79.6 Å². The number of amides is 1. The van der Waals surface area contributed by atoms with Gasteiger partial charge >= 0.3 is 5.97 Å². The van der Waals surface area contributed by atoms with Crippen LogP contribution >= 0.6 is 15.9 Å². The normalized spacial score (nSPS) is 25.8. The van der Waals surface area contributed by atoms with E-state index >= 15 is 0 Å². The molecule has 1 aliphatic heterocycles. The van der Waals surface area contributed by atoms with Crippen LogP contribution in [-0.4, -0.2) is 54.9 Å². The molecule has 1 saturated heterocycles. The van der Waals surface area contributed by atoms with Crippen molar-refractivity contribution in [3.8, 4) is 0 Å². The molecule has 1 N–H and O–H groups in total. The fourth-order valence-electron chi connectivity index (χ4n) is 6.21. The third-order valence-corrected chi connectivity index (χ3v) is 9.58. The zero-order valence-electron chi connectivity index (χ0n) is 25.5. The summed E-state index contributed by atoms with van der Waals surface area (Å²) < 4.78 is 5.40. The Balaban J connectivity index is 0.000000337. The topological polar surface area (TPSA) is 58.6 Å². The van der Waals surface area contributed by atoms with Crippen molar-refractivity contribution in [2.75, 3.05) is 26.7 Å². The molecule has 5 nitrogen and oxygen atoms in total. The minimum Gasteiger partial charge on any atom is -0.466 e. The van der Waals surface area contributed by atoms with Crippen LogP contribution < -0.4 is 5.32 Å². The molecule has 3 unspecified atom stereocenters. The highest BCUT2D eigenvalue weighted by molar-refractivity contribution is 9.09. The van der Waals surface area contributed by atoms with Crippen molar-refractivity contribution in [3.63, 3.8) is 0 Å². The molecule has 1 amide bonds. The lowest BCUT2D eigenvalue weighted by molar-refractivity contribution is -0.156. The number of ether oxygens (including phenoxy) is 1. The van der Waals surface area contributed by atoms with Crippen molar-refractivity contribution >= 4 is 28.3 Å². The van der Waals surface area contributed by atoms with Crippen LogP contribution in [0.5, 0.6) is 0 Å². The van der Waals surface area contributed by atoms with Crippen LogP contribution in [0.3, 0.4) is 0 Å². The number of esters is 1. The number of hydrogen-bond donors (Lipinski definition) is 1. The van der Waals surface area contributed by atoms with Gasteiger partial charge in [0.2, 0.25) is 6.41 Å². The van der Waals surface area contributed by atoms with Crippen LogP contribution in [0.4, 0.5) is 0 Å². The average molecular weight is 606 g/mol. The number of piperidine rings is 1. The third-order valence-electron chi connectivity index (χ3n) is 8.81. The standard InChI is InChI=1S/C21H28BrNO3.C8H14.C4H11N/c1-4-26-19(25)20(2,3)16-13-21(9-11-23(14-24)12-10-21)18-15(16)7-5-6-8-17(18)22;1-7-4-3-5-8(2)6-7;1-4(2)5-3/h5-8,14,16-17H,4,9-13H2,1-3H3;8H,1,3-6H2,2H3;4-5H,1-3H3. The van der Waals surface area contributed by atoms with Crippen molar-refractivity contribution in [1.29, 1.82) is 0 Å². The summed E-state index contributed by atoms with van der Waals surface area (Å²) in [5.74, 6) is 0.905. The second-order valence-corrected chi connectivity index (χ2v) is 13.5. The van der Waals surface area contributed by atoms with E-state index in [2.05, 4.69) is 72.9 Å². The molecule has 0 aromatic heterocycles. The second-order valence-electron chi connectivity index (χ2n) is 12.5. The van der Waals surface area contributed by atoms with Crippen molar-refractivity contribution < 1.29 is 14.3 Å². The predicted molar refractivity (Wildman–Crippen MR) is 167 cm³/mol. The highest BCUT2D eigenvalue weighted by Gasteiger charge is 2.54. The number of carbonyl (C=O) groups is 2. The fourth-order valence-corrected chi connectivity index (χ4v) is 7.14. The number of nitrogens with zero attached hydrogens (tertiary/aromatic N) is 1. The molecule has 39 heavy (non-hydrogen) atoms. The molecule has 1 spiro atoms. The molecule has 0 aromatic rings. The Kier molecular flexibility index (Phi) is 13.2. The quantitative estimate of drug-likeness (QED) is 0.154. The van der Waals surface area contributed by atoms with Crippen LogP contribution in [0.1, 0.15) is 86.5 Å². The highest BCUT2D eigenvalue weighted by atomic mass is 79.9. The minimum atomic E-state index is -0.580. The third kappa shape index (κ3) is 8.91. The Morgan fingerprint density at radius 3 is 2.44 bits per heavy atom. The summed E-state index contributed by atoms with van der Waals surface area (Å²) in [6.07, 6.45) is 17.6. The van der Waals surface area contributed by atoms with E-state index in [0.29, 0.717) is 12.6 Å². The minimum absolute atomic E-state index is 0.0382. The molecule has 2 fully saturated rings. The maximum atomic E-state index is 12.7. The smallest absolute Gasteiger partial charge is 0.312 e. The second kappa shape index (κ2) is 15.4. The van der Waals surface area contributed by atoms with Crippen LogP contribution in [0.2, 0.25) is 0 Å². The molecule has 0 bridgehead atoms. The number of nitrogens with one attached hydrogen (secondary N) is 1. The van der Waals surface area contributed by atoms with Crippen LogP contribution in [0.15, 0.2) is 47.6 Å². The molecule has 6 heteroatoms. The van der Waals surface area contributed by atoms with Gasteiger partial charge in [-0.05, 0) is 88.8 Å². The molecule has 3 atom stereocenters. The molecular weight excluding hydrogens is 552 g/mol. The van der Waals surface area contributed by atoms with Crippen molar-refractivity contribution in [2.24, 2.45) is 22.7 Å². The maximum Gasteiger partial charge on any atom is 0.312 e. The SMILES string of the molecule is C=C1CCCC(C)C1.CCOC(=O)C(C)(C)C1CC2(CCN(C=O)CC2)C2=C1C=CC=CC2Br.CNC(C)C. The van der Waals surface area contributed by atoms with Gasteiger partial charge in [0.05, 0.1) is 16.8 Å². The van der Waals surface area contributed by atoms with Crippen LogP contribution in [-0.2, 0) is 14.3 Å². The molecule has 1 saturated carbocycles. The number of alkyl halides is 1. The van der Waals surface area contributed by atoms with Gasteiger partial charge in [0.25, 0.3) is 0 Å². The van der Waals surface area contributed by atoms with Gasteiger partial charge < -0.3 is 15.0 Å². The summed E-state index contributed by atoms with van der Waals surface area (Å²) in [4.78, 5) is 25.9. The molecule has 4 aliphatic rings. The van der Waals surface area contributed by atoms with Gasteiger partial charge in [0, 0.05) is 25.0 Å². The average Bonchev–Trinajstić information content (AvgIpc) is 3.08. The Bertz CT molecular complexity index is 925. The lowest BCUT2D eigenvalue weighted by Gasteiger charge is -2.42. The van der Waals surface area contributed by atoms with Crippen molar-refractivity contribution in [2.45, 2.75) is 97.4 Å². The van der Waals surface area contributed by atoms with Crippen LogP contribution in [0.25, 0.3) is 0 Å². The zero-order chi connectivity index (χ0) is 29.2. The molecular formula is C33H53BrN2O3. The van der Waals surface area contributed by atoms with Gasteiger partial charge in [0.15, 0.2) is 0 Å². The lowest BCUT2D eigenvalue weighted by atomic mass is 9.68. The summed E-state index contributed by atoms with van der Waals surface area (Å²) in [5, 5.41) is 3.03. The maximum absolute atomic E-state index is 12.7. The summed E-state index contributed by atoms with van der Waals surface area (Å²) in [7, 11) is 1.95. The first-order chi connectivity index (χ1) is 18.4. The molecule has 3 aliphatic carbocycles. The summed E-state index contributed by atoms with van der Waals surface area (Å²) >= 11 is 3.87. The number of rotatable bonds is 5. The van der Waals surface area contributed by atoms with Gasteiger partial charge in [-0.25, -0.2) is 0 Å². The first-order valence-electron chi connectivity index (χ1n) is 14.9. The van der Waals surface area contributed by atoms with Gasteiger partial charge in [0.1, 0.15) is 0 Å². The molecule has 1 heterocycles. The summed E-state index contributed by atoms with van der Waals surface area (Å²) in [6, 6.07) is 0.634. The van der Waals surface area contributed by atoms with Gasteiger partial charge in [-0.2, -0.15) is 0 Å². The lowest BCUT2D eigenvalue weighted by Crippen LogP contribution is -2.42. The fraction of sp³-hybridized carbons (Fsp3) is 0.697. The highest BCUT2D eigenvalue weighted by Crippen LogP contribution is 2.59. The Morgan fingerprint density at radius 2 is 1.95 bits per heavy atom. The zero-order valence-corrected chi connectivity index (χ0v) is 27.1. The van der Waals surface area contributed by atoms with E-state index in [1.807, 2.05) is 32.7 Å². The first kappa shape index (κ1) is 33.5. The van der Waals surface area contributed by atoms with Gasteiger partial charge in [-0.15, -0.1) is 0 Å². The Morgan fingerprint density at radius 1 is 1.31 bits per heavy atom. The van der Waals surface area contributed by atoms with Crippen molar-refractivity contribution in [3.05, 3.63) is 47.6 Å². The Hall–Kier alpha value is -1.66. The van der Waals surface area contributed by atoms with Crippen LogP contribution in [0, 0.1) is 22.7 Å². The van der Waals surface area contributed by atoms with Crippen molar-refractivity contribution in [1.82, 2.24) is 10.2 Å². The first-order valence-corrected chi connectivity index (χ1v) is 15.8. The number of carbonyl (C=O) groups excluding carboxylic acids is 2. The number of halogens is 1. The number of allylic oxidation sites excluding steroid dienone is 7. The number of fused-ring (bicyclic) bond motifs is 1. The van der Waals surface area contributed by atoms with Gasteiger partial charge in [-0.3, -0.25) is 9.59 Å². The molecule has 0 aromatic carbocycles. The van der Waals surface area contributed by atoms with E-state index in [-0.39, 0.29) is 22.1 Å². The van der Waals surface area contributed by atoms with E-state index < -0.39 is 5.41 Å². The summed E-state index contributed by atoms with van der Waals surface area (Å²) in [6.45, 7) is 18.3. The van der Waals surface area contributed by atoms with E-state index in [1.165, 1.54) is 42.4 Å². The monoisotopic (exact) mass is 604 g/mol. The molecule has 220 valence electrons. The van der Waals surface area contributed by atoms with E-state index in [4.69, 9.17) is 4.74 Å². The van der Waals surface area contributed by atoms with E-state index in [0.717, 1.165) is 44.7 Å². The van der Waals surface area contributed by atoms with E-state index in [1.54, 1.807) is 0 Å². The largest absolute Gasteiger partial charge is 0.466 e. The molecule has 0 radical (unpaired) electrons. The number of likely N-dealkylation sites (tertiary alicyclic amines) is 1. The predicted octanol–water partition coefficient (Wildman–Crippen LogP) is 7.39. The Labute approximate surface area is 246 Å². The molecule has 4 rings (SSSR count). The number of hydrogen-bond acceptors (Lipinski definition) is 4. The van der Waals surface area contributed by atoms with E-state index in [9.17, 15) is 9.59 Å². The summed E-state index contributed by atoms with van der Waals surface area (Å²) in [5.41, 5.74) is 3.59.